The Morgan fingerprint density at radius 3 is 3.00 bits per heavy atom. The SMILES string of the molecule is BrCc1c(N2CCC3CCCCC32)nc2ccccn12. The third kappa shape index (κ3) is 1.88. The van der Waals surface area contributed by atoms with Gasteiger partial charge in [-0.15, -0.1) is 0 Å². The number of hydrogen-bond acceptors (Lipinski definition) is 2. The predicted octanol–water partition coefficient (Wildman–Crippen LogP) is 4.00. The van der Waals surface area contributed by atoms with Gasteiger partial charge in [-0.25, -0.2) is 4.98 Å². The lowest BCUT2D eigenvalue weighted by atomic mass is 9.85. The Kier molecular flexibility index (Phi) is 3.21. The second kappa shape index (κ2) is 5.06. The fourth-order valence-corrected chi connectivity index (χ4v) is 4.58. The van der Waals surface area contributed by atoms with Gasteiger partial charge in [0.2, 0.25) is 0 Å². The first-order valence-corrected chi connectivity index (χ1v) is 8.79. The number of anilines is 1. The molecule has 2 aliphatic rings. The first-order valence-electron chi connectivity index (χ1n) is 7.67. The molecule has 2 aromatic heterocycles. The highest BCUT2D eigenvalue weighted by molar-refractivity contribution is 9.08. The standard InChI is InChI=1S/C16H20BrN3/c17-11-14-16(18-15-7-3-4-9-19(14)15)20-10-8-12-5-1-2-6-13(12)20/h3-4,7,9,12-13H,1-2,5-6,8,10-11H2. The van der Waals surface area contributed by atoms with Crippen molar-refractivity contribution in [3.8, 4) is 0 Å². The van der Waals surface area contributed by atoms with Gasteiger partial charge in [0.25, 0.3) is 0 Å². The van der Waals surface area contributed by atoms with Gasteiger partial charge < -0.3 is 9.30 Å². The minimum atomic E-state index is 0.728. The molecule has 1 saturated carbocycles. The molecule has 1 aliphatic heterocycles. The maximum atomic E-state index is 4.92. The summed E-state index contributed by atoms with van der Waals surface area (Å²) in [6.45, 7) is 1.18. The molecule has 4 rings (SSSR count). The summed E-state index contributed by atoms with van der Waals surface area (Å²) in [4.78, 5) is 7.51. The molecular weight excluding hydrogens is 314 g/mol. The van der Waals surface area contributed by atoms with Gasteiger partial charge in [0.15, 0.2) is 5.82 Å². The third-order valence-electron chi connectivity index (χ3n) is 5.02. The first-order chi connectivity index (χ1) is 9.88. The molecule has 0 aromatic carbocycles. The van der Waals surface area contributed by atoms with Crippen LogP contribution in [0.15, 0.2) is 24.4 Å². The molecule has 2 fully saturated rings. The molecule has 1 aliphatic carbocycles. The Morgan fingerprint density at radius 2 is 2.10 bits per heavy atom. The minimum absolute atomic E-state index is 0.728. The van der Waals surface area contributed by atoms with Crippen LogP contribution in [0.25, 0.3) is 5.65 Å². The van der Waals surface area contributed by atoms with Crippen LogP contribution in [0.2, 0.25) is 0 Å². The zero-order valence-corrected chi connectivity index (χ0v) is 13.2. The van der Waals surface area contributed by atoms with E-state index < -0.39 is 0 Å². The average Bonchev–Trinajstić information content (AvgIpc) is 3.07. The monoisotopic (exact) mass is 333 g/mol. The van der Waals surface area contributed by atoms with Crippen LogP contribution in [0, 0.1) is 5.92 Å². The number of alkyl halides is 1. The summed E-state index contributed by atoms with van der Waals surface area (Å²) in [5.74, 6) is 2.11. The number of halogens is 1. The summed E-state index contributed by atoms with van der Waals surface area (Å²) in [5, 5.41) is 0.862. The van der Waals surface area contributed by atoms with Gasteiger partial charge >= 0.3 is 0 Å². The van der Waals surface area contributed by atoms with Crippen LogP contribution in [-0.2, 0) is 5.33 Å². The third-order valence-corrected chi connectivity index (χ3v) is 5.55. The second-order valence-electron chi connectivity index (χ2n) is 6.04. The van der Waals surface area contributed by atoms with Crippen LogP contribution < -0.4 is 4.90 Å². The van der Waals surface area contributed by atoms with Gasteiger partial charge in [0.1, 0.15) is 5.65 Å². The van der Waals surface area contributed by atoms with Gasteiger partial charge in [-0.2, -0.15) is 0 Å². The smallest absolute Gasteiger partial charge is 0.152 e. The van der Waals surface area contributed by atoms with E-state index in [9.17, 15) is 0 Å². The number of imidazole rings is 1. The Labute approximate surface area is 128 Å². The van der Waals surface area contributed by atoms with E-state index in [0.29, 0.717) is 0 Å². The fourth-order valence-electron chi connectivity index (χ4n) is 4.06. The van der Waals surface area contributed by atoms with E-state index in [1.807, 2.05) is 0 Å². The van der Waals surface area contributed by atoms with Crippen molar-refractivity contribution in [1.82, 2.24) is 9.38 Å². The highest BCUT2D eigenvalue weighted by Crippen LogP contribution is 2.40. The van der Waals surface area contributed by atoms with Gasteiger partial charge in [0, 0.05) is 24.1 Å². The van der Waals surface area contributed by atoms with Crippen LogP contribution in [0.1, 0.15) is 37.8 Å². The van der Waals surface area contributed by atoms with Crippen molar-refractivity contribution in [1.29, 1.82) is 0 Å². The summed E-state index contributed by atoms with van der Waals surface area (Å²) in [7, 11) is 0. The molecule has 20 heavy (non-hydrogen) atoms. The van der Waals surface area contributed by atoms with Crippen molar-refractivity contribution in [2.75, 3.05) is 11.4 Å². The quantitative estimate of drug-likeness (QED) is 0.774. The molecule has 0 amide bonds. The van der Waals surface area contributed by atoms with Crippen molar-refractivity contribution >= 4 is 27.4 Å². The maximum Gasteiger partial charge on any atom is 0.152 e. The van der Waals surface area contributed by atoms with Crippen molar-refractivity contribution in [3.63, 3.8) is 0 Å². The van der Waals surface area contributed by atoms with E-state index in [2.05, 4.69) is 49.6 Å². The van der Waals surface area contributed by atoms with Gasteiger partial charge in [-0.3, -0.25) is 0 Å². The van der Waals surface area contributed by atoms with Crippen molar-refractivity contribution < 1.29 is 0 Å². The Hall–Kier alpha value is -1.03. The molecule has 2 atom stereocenters. The van der Waals surface area contributed by atoms with E-state index in [1.54, 1.807) is 0 Å². The summed E-state index contributed by atoms with van der Waals surface area (Å²) in [6, 6.07) is 6.98. The molecule has 0 spiro atoms. The zero-order chi connectivity index (χ0) is 13.5. The minimum Gasteiger partial charge on any atom is -0.352 e. The molecule has 3 nitrogen and oxygen atoms in total. The summed E-state index contributed by atoms with van der Waals surface area (Å²) < 4.78 is 2.22. The molecule has 0 N–H and O–H groups in total. The number of aromatic nitrogens is 2. The summed E-state index contributed by atoms with van der Waals surface area (Å²) in [5.41, 5.74) is 2.36. The average molecular weight is 334 g/mol. The van der Waals surface area contributed by atoms with Crippen LogP contribution in [0.3, 0.4) is 0 Å². The normalized spacial score (nSPS) is 26.1. The van der Waals surface area contributed by atoms with Gasteiger partial charge in [0.05, 0.1) is 5.69 Å². The number of fused-ring (bicyclic) bond motifs is 2. The number of rotatable bonds is 2. The summed E-state index contributed by atoms with van der Waals surface area (Å²) >= 11 is 3.66. The topological polar surface area (TPSA) is 20.5 Å². The fraction of sp³-hybridized carbons (Fsp3) is 0.562. The van der Waals surface area contributed by atoms with E-state index in [4.69, 9.17) is 4.98 Å². The van der Waals surface area contributed by atoms with E-state index in [-0.39, 0.29) is 0 Å². The predicted molar refractivity (Wildman–Crippen MR) is 85.5 cm³/mol. The van der Waals surface area contributed by atoms with Crippen LogP contribution >= 0.6 is 15.9 Å². The van der Waals surface area contributed by atoms with Crippen LogP contribution in [0.4, 0.5) is 5.82 Å². The number of pyridine rings is 1. The molecular formula is C16H20BrN3. The Balaban J connectivity index is 1.78. The molecule has 0 radical (unpaired) electrons. The lowest BCUT2D eigenvalue weighted by Gasteiger charge is -2.32. The molecule has 106 valence electrons. The number of nitrogens with zero attached hydrogens (tertiary/aromatic N) is 3. The number of hydrogen-bond donors (Lipinski definition) is 0. The van der Waals surface area contributed by atoms with Crippen molar-refractivity contribution in [3.05, 3.63) is 30.1 Å². The Morgan fingerprint density at radius 1 is 1.20 bits per heavy atom. The molecule has 4 heteroatoms. The first kappa shape index (κ1) is 12.7. The lowest BCUT2D eigenvalue weighted by Crippen LogP contribution is -2.35. The largest absolute Gasteiger partial charge is 0.352 e. The van der Waals surface area contributed by atoms with Crippen LogP contribution in [0.5, 0.6) is 0 Å². The molecule has 2 aromatic rings. The lowest BCUT2D eigenvalue weighted by molar-refractivity contribution is 0.341. The van der Waals surface area contributed by atoms with E-state index in [1.165, 1.54) is 50.2 Å². The maximum absolute atomic E-state index is 4.92. The zero-order valence-electron chi connectivity index (χ0n) is 11.6. The highest BCUT2D eigenvalue weighted by Gasteiger charge is 2.37. The van der Waals surface area contributed by atoms with Gasteiger partial charge in [-0.05, 0) is 37.3 Å². The van der Waals surface area contributed by atoms with Crippen molar-refractivity contribution in [2.45, 2.75) is 43.5 Å². The van der Waals surface area contributed by atoms with Crippen LogP contribution in [-0.4, -0.2) is 22.0 Å². The van der Waals surface area contributed by atoms with E-state index in [0.717, 1.165) is 22.9 Å². The van der Waals surface area contributed by atoms with Crippen molar-refractivity contribution in [2.24, 2.45) is 5.92 Å². The van der Waals surface area contributed by atoms with E-state index >= 15 is 0 Å². The molecule has 3 heterocycles. The molecule has 0 bridgehead atoms. The molecule has 1 saturated heterocycles. The Bertz CT molecular complexity index is 621. The highest BCUT2D eigenvalue weighted by atomic mass is 79.9. The molecule has 2 unspecified atom stereocenters. The van der Waals surface area contributed by atoms with Gasteiger partial charge in [-0.1, -0.05) is 34.8 Å². The summed E-state index contributed by atoms with van der Waals surface area (Å²) in [6.07, 6.45) is 9.04. The second-order valence-corrected chi connectivity index (χ2v) is 6.60.